The number of hydrogen-bond donors (Lipinski definition) is 1. The van der Waals surface area contributed by atoms with Crippen LogP contribution >= 0.6 is 27.5 Å². The van der Waals surface area contributed by atoms with E-state index in [1.54, 1.807) is 73.7 Å². The average molecular weight is 621 g/mol. The fourth-order valence-electron chi connectivity index (χ4n) is 3.68. The Balaban J connectivity index is 1.98. The lowest BCUT2D eigenvalue weighted by atomic mass is 10.1. The Morgan fingerprint density at radius 2 is 1.53 bits per heavy atom. The Kier molecular flexibility index (Phi) is 10.4. The molecule has 0 bridgehead atoms. The maximum atomic E-state index is 13.8. The van der Waals surface area contributed by atoms with Gasteiger partial charge in [-0.05, 0) is 66.9 Å². The van der Waals surface area contributed by atoms with Crippen molar-refractivity contribution in [1.29, 1.82) is 0 Å². The number of carbonyl (C=O) groups is 2. The van der Waals surface area contributed by atoms with Crippen molar-refractivity contribution in [2.75, 3.05) is 17.4 Å². The minimum Gasteiger partial charge on any atom is -0.354 e. The Morgan fingerprint density at radius 1 is 0.921 bits per heavy atom. The van der Waals surface area contributed by atoms with Gasteiger partial charge in [0.15, 0.2) is 0 Å². The zero-order valence-electron chi connectivity index (χ0n) is 21.5. The standard InChI is InChI=1S/C28H31BrClN3O4S/c1-20(2)17-31-28(35)21(3)32(18-22-9-13-24(30)14-10-22)27(34)19-33(25-15-11-23(29)12-16-25)38(36,37)26-7-5-4-6-8-26/h4-16,20-21H,17-19H2,1-3H3,(H,31,35)/t21-/m1/s1. The fraction of sp³-hybridized carbons (Fsp3) is 0.286. The summed E-state index contributed by atoms with van der Waals surface area (Å²) in [7, 11) is -4.09. The predicted octanol–water partition coefficient (Wildman–Crippen LogP) is 5.49. The first kappa shape index (κ1) is 29.7. The monoisotopic (exact) mass is 619 g/mol. The number of anilines is 1. The lowest BCUT2D eigenvalue weighted by molar-refractivity contribution is -0.139. The lowest BCUT2D eigenvalue weighted by Crippen LogP contribution is -2.51. The van der Waals surface area contributed by atoms with Gasteiger partial charge in [0.2, 0.25) is 11.8 Å². The summed E-state index contributed by atoms with van der Waals surface area (Å²) < 4.78 is 29.2. The molecule has 0 aliphatic heterocycles. The molecule has 1 N–H and O–H groups in total. The Labute approximate surface area is 238 Å². The smallest absolute Gasteiger partial charge is 0.264 e. The van der Waals surface area contributed by atoms with Crippen molar-refractivity contribution in [3.8, 4) is 0 Å². The highest BCUT2D eigenvalue weighted by atomic mass is 79.9. The molecule has 38 heavy (non-hydrogen) atoms. The molecule has 3 aromatic carbocycles. The first-order valence-corrected chi connectivity index (χ1v) is 14.7. The average Bonchev–Trinajstić information content (AvgIpc) is 2.90. The van der Waals surface area contributed by atoms with E-state index in [9.17, 15) is 18.0 Å². The molecule has 3 rings (SSSR count). The molecular weight excluding hydrogens is 590 g/mol. The van der Waals surface area contributed by atoms with Crippen LogP contribution in [-0.4, -0.2) is 44.3 Å². The molecular formula is C28H31BrClN3O4S. The normalized spacial score (nSPS) is 12.2. The fourth-order valence-corrected chi connectivity index (χ4v) is 5.50. The van der Waals surface area contributed by atoms with Crippen LogP contribution in [0.5, 0.6) is 0 Å². The topological polar surface area (TPSA) is 86.8 Å². The molecule has 10 heteroatoms. The van der Waals surface area contributed by atoms with Crippen LogP contribution in [0.2, 0.25) is 5.02 Å². The molecule has 0 aliphatic rings. The number of hydrogen-bond acceptors (Lipinski definition) is 4. The van der Waals surface area contributed by atoms with Crippen LogP contribution in [0, 0.1) is 5.92 Å². The number of carbonyl (C=O) groups excluding carboxylic acids is 2. The zero-order valence-corrected chi connectivity index (χ0v) is 24.6. The van der Waals surface area contributed by atoms with Gasteiger partial charge >= 0.3 is 0 Å². The second kappa shape index (κ2) is 13.3. The third-order valence-electron chi connectivity index (χ3n) is 5.84. The number of amides is 2. The van der Waals surface area contributed by atoms with Crippen LogP contribution in [0.1, 0.15) is 26.3 Å². The van der Waals surface area contributed by atoms with Gasteiger partial charge < -0.3 is 10.2 Å². The van der Waals surface area contributed by atoms with Crippen LogP contribution in [0.15, 0.2) is 88.2 Å². The number of sulfonamides is 1. The van der Waals surface area contributed by atoms with E-state index in [2.05, 4.69) is 21.2 Å². The minimum atomic E-state index is -4.09. The van der Waals surface area contributed by atoms with Gasteiger partial charge in [-0.15, -0.1) is 0 Å². The molecule has 0 aromatic heterocycles. The highest BCUT2D eigenvalue weighted by Gasteiger charge is 2.32. The Morgan fingerprint density at radius 3 is 2.11 bits per heavy atom. The van der Waals surface area contributed by atoms with Crippen LogP contribution in [0.25, 0.3) is 0 Å². The number of halogens is 2. The molecule has 3 aromatic rings. The summed E-state index contributed by atoms with van der Waals surface area (Å²) >= 11 is 9.40. The van der Waals surface area contributed by atoms with E-state index in [-0.39, 0.29) is 23.3 Å². The van der Waals surface area contributed by atoms with Gasteiger partial charge in [0.25, 0.3) is 10.0 Å². The Bertz CT molecular complexity index is 1330. The molecule has 2 amide bonds. The molecule has 0 heterocycles. The van der Waals surface area contributed by atoms with E-state index in [0.717, 1.165) is 14.3 Å². The molecule has 0 saturated carbocycles. The van der Waals surface area contributed by atoms with Gasteiger partial charge in [-0.3, -0.25) is 13.9 Å². The number of benzene rings is 3. The summed E-state index contributed by atoms with van der Waals surface area (Å²) in [5, 5.41) is 3.41. The van der Waals surface area contributed by atoms with Gasteiger partial charge in [-0.25, -0.2) is 8.42 Å². The summed E-state index contributed by atoms with van der Waals surface area (Å²) in [5.74, 6) is -0.604. The van der Waals surface area contributed by atoms with E-state index in [1.165, 1.54) is 17.0 Å². The van der Waals surface area contributed by atoms with Crippen molar-refractivity contribution >= 4 is 55.1 Å². The van der Waals surface area contributed by atoms with Crippen LogP contribution in [0.4, 0.5) is 5.69 Å². The number of rotatable bonds is 11. The lowest BCUT2D eigenvalue weighted by Gasteiger charge is -2.32. The second-order valence-electron chi connectivity index (χ2n) is 9.26. The molecule has 7 nitrogen and oxygen atoms in total. The first-order chi connectivity index (χ1) is 18.0. The zero-order chi connectivity index (χ0) is 27.9. The van der Waals surface area contributed by atoms with Crippen LogP contribution in [-0.2, 0) is 26.2 Å². The van der Waals surface area contributed by atoms with E-state index in [1.807, 2.05) is 13.8 Å². The Hall–Kier alpha value is -2.88. The minimum absolute atomic E-state index is 0.0581. The van der Waals surface area contributed by atoms with E-state index >= 15 is 0 Å². The van der Waals surface area contributed by atoms with Crippen LogP contribution < -0.4 is 9.62 Å². The summed E-state index contributed by atoms with van der Waals surface area (Å²) in [4.78, 5) is 28.3. The van der Waals surface area contributed by atoms with Gasteiger partial charge in [-0.2, -0.15) is 0 Å². The van der Waals surface area contributed by atoms with Crippen LogP contribution in [0.3, 0.4) is 0 Å². The SMILES string of the molecule is CC(C)CNC(=O)[C@@H](C)N(Cc1ccc(Cl)cc1)C(=O)CN(c1ccc(Br)cc1)S(=O)(=O)c1ccccc1. The van der Waals surface area contributed by atoms with E-state index < -0.39 is 28.5 Å². The first-order valence-electron chi connectivity index (χ1n) is 12.1. The van der Waals surface area contributed by atoms with E-state index in [0.29, 0.717) is 17.3 Å². The summed E-state index contributed by atoms with van der Waals surface area (Å²) in [6.45, 7) is 5.66. The van der Waals surface area contributed by atoms with Crippen molar-refractivity contribution in [2.45, 2.75) is 38.3 Å². The van der Waals surface area contributed by atoms with Gasteiger partial charge in [0, 0.05) is 22.6 Å². The molecule has 0 fully saturated rings. The summed E-state index contributed by atoms with van der Waals surface area (Å²) in [5.41, 5.74) is 1.08. The highest BCUT2D eigenvalue weighted by molar-refractivity contribution is 9.10. The van der Waals surface area contributed by atoms with Crippen molar-refractivity contribution in [1.82, 2.24) is 10.2 Å². The van der Waals surface area contributed by atoms with Crippen molar-refractivity contribution in [3.63, 3.8) is 0 Å². The quantitative estimate of drug-likeness (QED) is 0.307. The molecule has 0 spiro atoms. The van der Waals surface area contributed by atoms with Crippen molar-refractivity contribution in [3.05, 3.63) is 93.9 Å². The largest absolute Gasteiger partial charge is 0.354 e. The molecule has 0 aliphatic carbocycles. The maximum Gasteiger partial charge on any atom is 0.264 e. The summed E-state index contributed by atoms with van der Waals surface area (Å²) in [6, 6.07) is 20.7. The van der Waals surface area contributed by atoms with E-state index in [4.69, 9.17) is 11.6 Å². The third kappa shape index (κ3) is 7.82. The van der Waals surface area contributed by atoms with Gasteiger partial charge in [-0.1, -0.05) is 71.7 Å². The van der Waals surface area contributed by atoms with Gasteiger partial charge in [0.1, 0.15) is 12.6 Å². The molecule has 0 unspecified atom stereocenters. The van der Waals surface area contributed by atoms with Crippen molar-refractivity contribution in [2.24, 2.45) is 5.92 Å². The summed E-state index contributed by atoms with van der Waals surface area (Å²) in [6.07, 6.45) is 0. The maximum absolute atomic E-state index is 13.8. The molecule has 1 atom stereocenters. The number of nitrogens with zero attached hydrogens (tertiary/aromatic N) is 2. The highest BCUT2D eigenvalue weighted by Crippen LogP contribution is 2.26. The second-order valence-corrected chi connectivity index (χ2v) is 12.5. The van der Waals surface area contributed by atoms with Crippen molar-refractivity contribution < 1.29 is 18.0 Å². The van der Waals surface area contributed by atoms with Gasteiger partial charge in [0.05, 0.1) is 10.6 Å². The molecule has 0 radical (unpaired) electrons. The number of nitrogens with one attached hydrogen (secondary N) is 1. The third-order valence-corrected chi connectivity index (χ3v) is 8.41. The molecule has 0 saturated heterocycles. The predicted molar refractivity (Wildman–Crippen MR) is 154 cm³/mol. The molecule has 202 valence electrons.